The predicted octanol–water partition coefficient (Wildman–Crippen LogP) is 2.31. The van der Waals surface area contributed by atoms with Crippen molar-refractivity contribution < 1.29 is 15.0 Å². The quantitative estimate of drug-likeness (QED) is 0.762. The molecular weight excluding hydrogens is 242 g/mol. The second kappa shape index (κ2) is 6.57. The van der Waals surface area contributed by atoms with Gasteiger partial charge in [-0.15, -0.1) is 0 Å². The molecule has 3 N–H and O–H groups in total. The SMILES string of the molecule is O=C(O)[C@H](Cc1ccc(O)cc1)NC1CCCCC1. The highest BCUT2D eigenvalue weighted by atomic mass is 16.4. The molecule has 0 amide bonds. The summed E-state index contributed by atoms with van der Waals surface area (Å²) in [6.07, 6.45) is 6.21. The van der Waals surface area contributed by atoms with Crippen LogP contribution in [0.25, 0.3) is 0 Å². The number of phenols is 1. The monoisotopic (exact) mass is 263 g/mol. The summed E-state index contributed by atoms with van der Waals surface area (Å²) < 4.78 is 0. The van der Waals surface area contributed by atoms with Crippen molar-refractivity contribution in [1.29, 1.82) is 0 Å². The van der Waals surface area contributed by atoms with Crippen molar-refractivity contribution in [2.24, 2.45) is 0 Å². The van der Waals surface area contributed by atoms with Gasteiger partial charge in [0.05, 0.1) is 0 Å². The minimum atomic E-state index is -0.807. The van der Waals surface area contributed by atoms with Crippen molar-refractivity contribution in [2.45, 2.75) is 50.6 Å². The molecule has 19 heavy (non-hydrogen) atoms. The number of aromatic hydroxyl groups is 1. The standard InChI is InChI=1S/C15H21NO3/c17-13-8-6-11(7-9-13)10-14(15(18)19)16-12-4-2-1-3-5-12/h6-9,12,14,16-17H,1-5,10H2,(H,18,19)/t14-/m0/s1. The van der Waals surface area contributed by atoms with Gasteiger partial charge >= 0.3 is 5.97 Å². The lowest BCUT2D eigenvalue weighted by atomic mass is 9.94. The topological polar surface area (TPSA) is 69.6 Å². The number of carboxylic acid groups (broad SMARTS) is 1. The molecule has 0 spiro atoms. The Hall–Kier alpha value is -1.55. The molecule has 4 nitrogen and oxygen atoms in total. The van der Waals surface area contributed by atoms with Crippen molar-refractivity contribution in [3.8, 4) is 5.75 Å². The highest BCUT2D eigenvalue weighted by Crippen LogP contribution is 2.19. The van der Waals surface area contributed by atoms with Crippen molar-refractivity contribution >= 4 is 5.97 Å². The van der Waals surface area contributed by atoms with Crippen LogP contribution in [0.3, 0.4) is 0 Å². The molecule has 1 atom stereocenters. The van der Waals surface area contributed by atoms with Crippen molar-refractivity contribution in [3.05, 3.63) is 29.8 Å². The highest BCUT2D eigenvalue weighted by molar-refractivity contribution is 5.74. The van der Waals surface area contributed by atoms with Gasteiger partial charge in [0, 0.05) is 6.04 Å². The molecule has 1 saturated carbocycles. The maximum atomic E-state index is 11.3. The molecule has 2 rings (SSSR count). The highest BCUT2D eigenvalue weighted by Gasteiger charge is 2.23. The number of rotatable bonds is 5. The number of carboxylic acids is 1. The second-order valence-electron chi connectivity index (χ2n) is 5.26. The van der Waals surface area contributed by atoms with Gasteiger partial charge in [-0.2, -0.15) is 0 Å². The molecule has 104 valence electrons. The maximum absolute atomic E-state index is 11.3. The minimum Gasteiger partial charge on any atom is -0.508 e. The van der Waals surface area contributed by atoms with E-state index in [0.717, 1.165) is 18.4 Å². The van der Waals surface area contributed by atoms with E-state index in [1.165, 1.54) is 19.3 Å². The molecule has 4 heteroatoms. The van der Waals surface area contributed by atoms with Crippen molar-refractivity contribution in [3.63, 3.8) is 0 Å². The summed E-state index contributed by atoms with van der Waals surface area (Å²) >= 11 is 0. The normalized spacial score (nSPS) is 18.1. The average molecular weight is 263 g/mol. The number of benzene rings is 1. The molecule has 1 aliphatic rings. The molecular formula is C15H21NO3. The Morgan fingerprint density at radius 1 is 1.21 bits per heavy atom. The van der Waals surface area contributed by atoms with E-state index < -0.39 is 12.0 Å². The second-order valence-corrected chi connectivity index (χ2v) is 5.26. The molecule has 0 radical (unpaired) electrons. The summed E-state index contributed by atoms with van der Waals surface area (Å²) in [6.45, 7) is 0. The Balaban J connectivity index is 1.95. The van der Waals surface area contributed by atoms with E-state index >= 15 is 0 Å². The van der Waals surface area contributed by atoms with Gasteiger partial charge in [0.1, 0.15) is 11.8 Å². The van der Waals surface area contributed by atoms with Crippen LogP contribution in [-0.2, 0) is 11.2 Å². The van der Waals surface area contributed by atoms with Crippen molar-refractivity contribution in [1.82, 2.24) is 5.32 Å². The first-order valence-electron chi connectivity index (χ1n) is 6.92. The third kappa shape index (κ3) is 4.24. The first-order valence-corrected chi connectivity index (χ1v) is 6.92. The van der Waals surface area contributed by atoms with Gasteiger partial charge in [-0.25, -0.2) is 0 Å². The van der Waals surface area contributed by atoms with Crippen LogP contribution in [-0.4, -0.2) is 28.3 Å². The maximum Gasteiger partial charge on any atom is 0.321 e. The fraction of sp³-hybridized carbons (Fsp3) is 0.533. The molecule has 0 saturated heterocycles. The van der Waals surface area contributed by atoms with Gasteiger partial charge in [0.2, 0.25) is 0 Å². The Morgan fingerprint density at radius 3 is 2.42 bits per heavy atom. The lowest BCUT2D eigenvalue weighted by Crippen LogP contribution is -2.45. The Kier molecular flexibility index (Phi) is 4.80. The summed E-state index contributed by atoms with van der Waals surface area (Å²) in [6, 6.07) is 6.50. The third-order valence-corrected chi connectivity index (χ3v) is 3.72. The van der Waals surface area contributed by atoms with Crippen LogP contribution in [0.15, 0.2) is 24.3 Å². The minimum absolute atomic E-state index is 0.205. The first-order chi connectivity index (χ1) is 9.15. The van der Waals surface area contributed by atoms with E-state index in [2.05, 4.69) is 5.32 Å². The van der Waals surface area contributed by atoms with Gasteiger partial charge in [0.15, 0.2) is 0 Å². The zero-order chi connectivity index (χ0) is 13.7. The van der Waals surface area contributed by atoms with Crippen molar-refractivity contribution in [2.75, 3.05) is 0 Å². The van der Waals surface area contributed by atoms with E-state index in [0.29, 0.717) is 12.5 Å². The van der Waals surface area contributed by atoms with Gasteiger partial charge in [-0.1, -0.05) is 31.4 Å². The van der Waals surface area contributed by atoms with E-state index in [1.807, 2.05) is 0 Å². The number of aliphatic carboxylic acids is 1. The summed E-state index contributed by atoms with van der Waals surface area (Å²) in [5, 5.41) is 21.8. The number of hydrogen-bond acceptors (Lipinski definition) is 3. The molecule has 0 aromatic heterocycles. The molecule has 0 bridgehead atoms. The number of hydrogen-bond donors (Lipinski definition) is 3. The fourth-order valence-corrected chi connectivity index (χ4v) is 2.64. The Morgan fingerprint density at radius 2 is 1.84 bits per heavy atom. The zero-order valence-electron chi connectivity index (χ0n) is 11.0. The number of phenolic OH excluding ortho intramolecular Hbond substituents is 1. The summed E-state index contributed by atoms with van der Waals surface area (Å²) in [7, 11) is 0. The van der Waals surface area contributed by atoms with E-state index in [-0.39, 0.29) is 5.75 Å². The van der Waals surface area contributed by atoms with Crippen LogP contribution in [0, 0.1) is 0 Å². The Bertz CT molecular complexity index is 410. The van der Waals surface area contributed by atoms with E-state index in [9.17, 15) is 15.0 Å². The lowest BCUT2D eigenvalue weighted by molar-refractivity contribution is -0.139. The lowest BCUT2D eigenvalue weighted by Gasteiger charge is -2.26. The van der Waals surface area contributed by atoms with Gasteiger partial charge < -0.3 is 15.5 Å². The van der Waals surface area contributed by atoms with Crippen LogP contribution < -0.4 is 5.32 Å². The molecule has 0 aliphatic heterocycles. The third-order valence-electron chi connectivity index (χ3n) is 3.72. The molecule has 1 aromatic carbocycles. The Labute approximate surface area is 113 Å². The number of carbonyl (C=O) groups is 1. The molecule has 1 fully saturated rings. The van der Waals surface area contributed by atoms with Crippen LogP contribution >= 0.6 is 0 Å². The molecule has 1 aliphatic carbocycles. The van der Waals surface area contributed by atoms with Gasteiger partial charge in [-0.05, 0) is 37.0 Å². The summed E-state index contributed by atoms with van der Waals surface area (Å²) in [5.41, 5.74) is 0.925. The largest absolute Gasteiger partial charge is 0.508 e. The summed E-state index contributed by atoms with van der Waals surface area (Å²) in [5.74, 6) is -0.602. The van der Waals surface area contributed by atoms with E-state index in [4.69, 9.17) is 0 Å². The van der Waals surface area contributed by atoms with Crippen LogP contribution in [0.2, 0.25) is 0 Å². The summed E-state index contributed by atoms with van der Waals surface area (Å²) in [4.78, 5) is 11.3. The van der Waals surface area contributed by atoms with Crippen LogP contribution in [0.4, 0.5) is 0 Å². The molecule has 0 heterocycles. The smallest absolute Gasteiger partial charge is 0.321 e. The van der Waals surface area contributed by atoms with Crippen LogP contribution in [0.1, 0.15) is 37.7 Å². The fourth-order valence-electron chi connectivity index (χ4n) is 2.64. The van der Waals surface area contributed by atoms with Gasteiger partial charge in [0.25, 0.3) is 0 Å². The van der Waals surface area contributed by atoms with E-state index in [1.54, 1.807) is 24.3 Å². The predicted molar refractivity (Wildman–Crippen MR) is 73.2 cm³/mol. The first kappa shape index (κ1) is 13.9. The zero-order valence-corrected chi connectivity index (χ0v) is 11.0. The molecule has 1 aromatic rings. The van der Waals surface area contributed by atoms with Gasteiger partial charge in [-0.3, -0.25) is 4.79 Å². The van der Waals surface area contributed by atoms with Crippen LogP contribution in [0.5, 0.6) is 5.75 Å². The molecule has 0 unspecified atom stereocenters. The average Bonchev–Trinajstić information content (AvgIpc) is 2.41. The number of nitrogens with one attached hydrogen (secondary N) is 1.